The van der Waals surface area contributed by atoms with Crippen molar-refractivity contribution in [2.75, 3.05) is 11.9 Å². The van der Waals surface area contributed by atoms with Crippen molar-refractivity contribution >= 4 is 44.8 Å². The maximum atomic E-state index is 13.0. The molecule has 0 atom stereocenters. The van der Waals surface area contributed by atoms with Crippen molar-refractivity contribution < 1.29 is 14.0 Å². The van der Waals surface area contributed by atoms with Gasteiger partial charge in [0.2, 0.25) is 5.91 Å². The Bertz CT molecular complexity index is 1050. The van der Waals surface area contributed by atoms with E-state index in [1.165, 1.54) is 23.5 Å². The summed E-state index contributed by atoms with van der Waals surface area (Å²) in [4.78, 5) is 29.5. The minimum absolute atomic E-state index is 0.140. The monoisotopic (exact) mass is 475 g/mol. The SMILES string of the molecule is Cc1cc(Br)ccc1NC(=O)CNC(=O)c1sc(Cc2ccc(F)cc2)nc1C. The Labute approximate surface area is 180 Å². The molecule has 0 fully saturated rings. The average Bonchev–Trinajstić information content (AvgIpc) is 3.04. The summed E-state index contributed by atoms with van der Waals surface area (Å²) >= 11 is 4.65. The molecule has 0 spiro atoms. The number of benzene rings is 2. The van der Waals surface area contributed by atoms with Crippen LogP contribution in [0.5, 0.6) is 0 Å². The fourth-order valence-electron chi connectivity index (χ4n) is 2.72. The van der Waals surface area contributed by atoms with Gasteiger partial charge in [0.1, 0.15) is 10.7 Å². The number of amides is 2. The third kappa shape index (κ3) is 5.71. The molecule has 29 heavy (non-hydrogen) atoms. The van der Waals surface area contributed by atoms with Crippen molar-refractivity contribution in [1.82, 2.24) is 10.3 Å². The molecule has 5 nitrogen and oxygen atoms in total. The summed E-state index contributed by atoms with van der Waals surface area (Å²) in [5.41, 5.74) is 3.14. The number of hydrogen-bond donors (Lipinski definition) is 2. The zero-order chi connectivity index (χ0) is 21.0. The number of thiazole rings is 1. The van der Waals surface area contributed by atoms with Gasteiger partial charge in [-0.15, -0.1) is 11.3 Å². The lowest BCUT2D eigenvalue weighted by Crippen LogP contribution is -2.32. The van der Waals surface area contributed by atoms with Gasteiger partial charge in [-0.05, 0) is 55.3 Å². The van der Waals surface area contributed by atoms with E-state index in [2.05, 4.69) is 31.5 Å². The van der Waals surface area contributed by atoms with Crippen LogP contribution in [-0.4, -0.2) is 23.3 Å². The van der Waals surface area contributed by atoms with Gasteiger partial charge in [-0.2, -0.15) is 0 Å². The molecule has 0 radical (unpaired) electrons. The first-order valence-electron chi connectivity index (χ1n) is 8.87. The van der Waals surface area contributed by atoms with Crippen molar-refractivity contribution in [2.24, 2.45) is 0 Å². The predicted molar refractivity (Wildman–Crippen MR) is 116 cm³/mol. The van der Waals surface area contributed by atoms with Crippen LogP contribution in [0.25, 0.3) is 0 Å². The lowest BCUT2D eigenvalue weighted by atomic mass is 10.1. The van der Waals surface area contributed by atoms with Gasteiger partial charge in [0.15, 0.2) is 0 Å². The normalized spacial score (nSPS) is 10.6. The van der Waals surface area contributed by atoms with Gasteiger partial charge in [-0.1, -0.05) is 28.1 Å². The third-order valence-electron chi connectivity index (χ3n) is 4.19. The highest BCUT2D eigenvalue weighted by atomic mass is 79.9. The Kier molecular flexibility index (Phi) is 6.76. The number of carbonyl (C=O) groups excluding carboxylic acids is 2. The van der Waals surface area contributed by atoms with Crippen LogP contribution in [0.4, 0.5) is 10.1 Å². The highest BCUT2D eigenvalue weighted by Crippen LogP contribution is 2.22. The van der Waals surface area contributed by atoms with Crippen LogP contribution in [0.3, 0.4) is 0 Å². The molecule has 1 heterocycles. The maximum absolute atomic E-state index is 13.0. The van der Waals surface area contributed by atoms with Crippen LogP contribution in [0.15, 0.2) is 46.9 Å². The van der Waals surface area contributed by atoms with E-state index in [0.29, 0.717) is 22.7 Å². The lowest BCUT2D eigenvalue weighted by Gasteiger charge is -2.09. The standard InChI is InChI=1S/C21H19BrFN3O2S/c1-12-9-15(22)5-8-17(12)26-18(27)11-24-21(28)20-13(2)25-19(29-20)10-14-3-6-16(23)7-4-14/h3-9H,10-11H2,1-2H3,(H,24,28)(H,26,27). The minimum Gasteiger partial charge on any atom is -0.342 e. The second-order valence-electron chi connectivity index (χ2n) is 6.52. The summed E-state index contributed by atoms with van der Waals surface area (Å²) in [7, 11) is 0. The smallest absolute Gasteiger partial charge is 0.263 e. The molecular weight excluding hydrogens is 457 g/mol. The van der Waals surface area contributed by atoms with Crippen LogP contribution in [0.2, 0.25) is 0 Å². The molecule has 0 unspecified atom stereocenters. The fraction of sp³-hybridized carbons (Fsp3) is 0.190. The lowest BCUT2D eigenvalue weighted by molar-refractivity contribution is -0.115. The van der Waals surface area contributed by atoms with Crippen LogP contribution in [-0.2, 0) is 11.2 Å². The Balaban J connectivity index is 1.58. The number of hydrogen-bond acceptors (Lipinski definition) is 4. The first kappa shape index (κ1) is 21.1. The molecule has 2 N–H and O–H groups in total. The molecular formula is C21H19BrFN3O2S. The number of halogens is 2. The Morgan fingerprint density at radius 3 is 2.55 bits per heavy atom. The number of carbonyl (C=O) groups is 2. The Morgan fingerprint density at radius 1 is 1.14 bits per heavy atom. The minimum atomic E-state index is -0.340. The van der Waals surface area contributed by atoms with Crippen molar-refractivity contribution in [3.05, 3.63) is 79.5 Å². The molecule has 0 aliphatic rings. The molecule has 150 valence electrons. The average molecular weight is 476 g/mol. The molecule has 0 aliphatic carbocycles. The number of nitrogens with zero attached hydrogens (tertiary/aromatic N) is 1. The molecule has 0 saturated heterocycles. The van der Waals surface area contributed by atoms with Gasteiger partial charge in [0.05, 0.1) is 17.2 Å². The van der Waals surface area contributed by atoms with Gasteiger partial charge in [0, 0.05) is 16.6 Å². The quantitative estimate of drug-likeness (QED) is 0.546. The second kappa shape index (κ2) is 9.28. The summed E-state index contributed by atoms with van der Waals surface area (Å²) in [6.45, 7) is 3.51. The van der Waals surface area contributed by atoms with E-state index in [-0.39, 0.29) is 24.2 Å². The van der Waals surface area contributed by atoms with Gasteiger partial charge in [-0.25, -0.2) is 9.37 Å². The van der Waals surface area contributed by atoms with Gasteiger partial charge >= 0.3 is 0 Å². The van der Waals surface area contributed by atoms with Crippen molar-refractivity contribution in [3.63, 3.8) is 0 Å². The Hall–Kier alpha value is -2.58. The first-order valence-corrected chi connectivity index (χ1v) is 10.5. The number of nitrogens with one attached hydrogen (secondary N) is 2. The van der Waals surface area contributed by atoms with Crippen LogP contribution in [0, 0.1) is 19.7 Å². The molecule has 0 saturated carbocycles. The molecule has 3 rings (SSSR count). The maximum Gasteiger partial charge on any atom is 0.263 e. The number of anilines is 1. The molecule has 8 heteroatoms. The highest BCUT2D eigenvalue weighted by molar-refractivity contribution is 9.10. The first-order chi connectivity index (χ1) is 13.8. The van der Waals surface area contributed by atoms with Gasteiger partial charge in [0.25, 0.3) is 5.91 Å². The van der Waals surface area contributed by atoms with Crippen LogP contribution >= 0.6 is 27.3 Å². The van der Waals surface area contributed by atoms with E-state index in [1.807, 2.05) is 19.1 Å². The van der Waals surface area contributed by atoms with Gasteiger partial charge in [-0.3, -0.25) is 9.59 Å². The fourth-order valence-corrected chi connectivity index (χ4v) is 4.21. The topological polar surface area (TPSA) is 71.1 Å². The summed E-state index contributed by atoms with van der Waals surface area (Å²) in [6, 6.07) is 11.7. The largest absolute Gasteiger partial charge is 0.342 e. The second-order valence-corrected chi connectivity index (χ2v) is 8.51. The van der Waals surface area contributed by atoms with E-state index in [9.17, 15) is 14.0 Å². The summed E-state index contributed by atoms with van der Waals surface area (Å²) in [5, 5.41) is 6.18. The van der Waals surface area contributed by atoms with Crippen LogP contribution < -0.4 is 10.6 Å². The highest BCUT2D eigenvalue weighted by Gasteiger charge is 2.16. The van der Waals surface area contributed by atoms with E-state index in [4.69, 9.17) is 0 Å². The van der Waals surface area contributed by atoms with E-state index >= 15 is 0 Å². The molecule has 0 bridgehead atoms. The molecule has 2 aromatic carbocycles. The molecule has 3 aromatic rings. The molecule has 0 aliphatic heterocycles. The van der Waals surface area contributed by atoms with E-state index in [0.717, 1.165) is 20.6 Å². The number of aromatic nitrogens is 1. The predicted octanol–water partition coefficient (Wildman–Crippen LogP) is 4.62. The number of aryl methyl sites for hydroxylation is 2. The van der Waals surface area contributed by atoms with Gasteiger partial charge < -0.3 is 10.6 Å². The Morgan fingerprint density at radius 2 is 1.86 bits per heavy atom. The van der Waals surface area contributed by atoms with Crippen molar-refractivity contribution in [1.29, 1.82) is 0 Å². The summed E-state index contributed by atoms with van der Waals surface area (Å²) in [5.74, 6) is -0.939. The zero-order valence-electron chi connectivity index (χ0n) is 15.9. The summed E-state index contributed by atoms with van der Waals surface area (Å²) < 4.78 is 14.0. The van der Waals surface area contributed by atoms with Crippen molar-refractivity contribution in [3.8, 4) is 0 Å². The third-order valence-corrected chi connectivity index (χ3v) is 5.84. The number of rotatable bonds is 6. The zero-order valence-corrected chi connectivity index (χ0v) is 18.3. The van der Waals surface area contributed by atoms with E-state index in [1.54, 1.807) is 25.1 Å². The van der Waals surface area contributed by atoms with Crippen LogP contribution in [0.1, 0.15) is 31.5 Å². The van der Waals surface area contributed by atoms with Crippen molar-refractivity contribution in [2.45, 2.75) is 20.3 Å². The van der Waals surface area contributed by atoms with E-state index < -0.39 is 0 Å². The molecule has 1 aromatic heterocycles. The summed E-state index contributed by atoms with van der Waals surface area (Å²) in [6.07, 6.45) is 0.516. The molecule has 2 amide bonds.